The standard InChI is InChI=1S/C19H19N3OS/c1-11-6-4-5-7-15(11)18(23)21-16-9-8-14(10-12(16)2)17-13(3)24-19(20)22-17/h4-10H,1-3H3,(H2,20,22)(H,21,23). The summed E-state index contributed by atoms with van der Waals surface area (Å²) in [5.74, 6) is -0.0990. The highest BCUT2D eigenvalue weighted by molar-refractivity contribution is 7.15. The van der Waals surface area contributed by atoms with Gasteiger partial charge in [0.25, 0.3) is 5.91 Å². The van der Waals surface area contributed by atoms with Crippen LogP contribution in [0, 0.1) is 20.8 Å². The van der Waals surface area contributed by atoms with Crippen LogP contribution >= 0.6 is 11.3 Å². The van der Waals surface area contributed by atoms with Crippen molar-refractivity contribution in [2.45, 2.75) is 20.8 Å². The van der Waals surface area contributed by atoms with E-state index in [4.69, 9.17) is 5.73 Å². The summed E-state index contributed by atoms with van der Waals surface area (Å²) in [6.45, 7) is 5.91. The van der Waals surface area contributed by atoms with Crippen molar-refractivity contribution in [3.63, 3.8) is 0 Å². The number of amides is 1. The van der Waals surface area contributed by atoms with E-state index in [9.17, 15) is 4.79 Å². The average Bonchev–Trinajstić information content (AvgIpc) is 2.88. The van der Waals surface area contributed by atoms with Crippen LogP contribution in [-0.2, 0) is 0 Å². The maximum absolute atomic E-state index is 12.5. The lowest BCUT2D eigenvalue weighted by Crippen LogP contribution is -2.14. The van der Waals surface area contributed by atoms with Gasteiger partial charge in [0, 0.05) is 21.7 Å². The second-order valence-corrected chi connectivity index (χ2v) is 6.99. The number of benzene rings is 2. The molecule has 0 radical (unpaired) electrons. The van der Waals surface area contributed by atoms with Crippen molar-refractivity contribution >= 4 is 28.1 Å². The number of hydrogen-bond acceptors (Lipinski definition) is 4. The molecule has 0 bridgehead atoms. The minimum Gasteiger partial charge on any atom is -0.375 e. The van der Waals surface area contributed by atoms with Crippen LogP contribution in [0.1, 0.15) is 26.4 Å². The second-order valence-electron chi connectivity index (χ2n) is 5.76. The first-order valence-corrected chi connectivity index (χ1v) is 8.48. The molecule has 0 atom stereocenters. The third-order valence-corrected chi connectivity index (χ3v) is 4.75. The molecular formula is C19H19N3OS. The highest BCUT2D eigenvalue weighted by Gasteiger charge is 2.12. The molecule has 0 spiro atoms. The van der Waals surface area contributed by atoms with Crippen molar-refractivity contribution in [3.05, 3.63) is 64.0 Å². The number of aryl methyl sites for hydroxylation is 3. The van der Waals surface area contributed by atoms with Gasteiger partial charge in [-0.15, -0.1) is 11.3 Å². The Morgan fingerprint density at radius 2 is 1.83 bits per heavy atom. The van der Waals surface area contributed by atoms with Gasteiger partial charge in [0.1, 0.15) is 0 Å². The van der Waals surface area contributed by atoms with Crippen LogP contribution in [0.3, 0.4) is 0 Å². The van der Waals surface area contributed by atoms with Gasteiger partial charge >= 0.3 is 0 Å². The highest BCUT2D eigenvalue weighted by Crippen LogP contribution is 2.31. The highest BCUT2D eigenvalue weighted by atomic mass is 32.1. The lowest BCUT2D eigenvalue weighted by molar-refractivity contribution is 0.102. The quantitative estimate of drug-likeness (QED) is 0.735. The maximum Gasteiger partial charge on any atom is 0.255 e. The van der Waals surface area contributed by atoms with Crippen molar-refractivity contribution in [1.29, 1.82) is 0 Å². The van der Waals surface area contributed by atoms with Crippen molar-refractivity contribution in [1.82, 2.24) is 4.98 Å². The molecule has 24 heavy (non-hydrogen) atoms. The summed E-state index contributed by atoms with van der Waals surface area (Å²) in [5, 5.41) is 3.55. The maximum atomic E-state index is 12.5. The zero-order valence-corrected chi connectivity index (χ0v) is 14.7. The van der Waals surface area contributed by atoms with E-state index in [-0.39, 0.29) is 5.91 Å². The number of nitrogens with two attached hydrogens (primary N) is 1. The van der Waals surface area contributed by atoms with E-state index in [0.29, 0.717) is 10.7 Å². The minimum atomic E-state index is -0.0990. The molecule has 3 rings (SSSR count). The zero-order chi connectivity index (χ0) is 17.3. The van der Waals surface area contributed by atoms with E-state index in [1.165, 1.54) is 11.3 Å². The molecule has 1 heterocycles. The Hall–Kier alpha value is -2.66. The van der Waals surface area contributed by atoms with Crippen LogP contribution in [0.2, 0.25) is 0 Å². The lowest BCUT2D eigenvalue weighted by atomic mass is 10.1. The van der Waals surface area contributed by atoms with E-state index in [1.807, 2.05) is 63.2 Å². The van der Waals surface area contributed by atoms with Crippen molar-refractivity contribution in [2.24, 2.45) is 0 Å². The van der Waals surface area contributed by atoms with Crippen molar-refractivity contribution in [2.75, 3.05) is 11.1 Å². The Labute approximate surface area is 145 Å². The SMILES string of the molecule is Cc1cc(-c2nc(N)sc2C)ccc1NC(=O)c1ccccc1C. The molecule has 0 saturated carbocycles. The van der Waals surface area contributed by atoms with E-state index in [2.05, 4.69) is 10.3 Å². The number of aromatic nitrogens is 1. The van der Waals surface area contributed by atoms with Crippen LogP contribution in [-0.4, -0.2) is 10.9 Å². The monoisotopic (exact) mass is 337 g/mol. The minimum absolute atomic E-state index is 0.0990. The van der Waals surface area contributed by atoms with Crippen molar-refractivity contribution < 1.29 is 4.79 Å². The zero-order valence-electron chi connectivity index (χ0n) is 13.9. The van der Waals surface area contributed by atoms with Gasteiger partial charge in [-0.25, -0.2) is 4.98 Å². The Balaban J connectivity index is 1.87. The van der Waals surface area contributed by atoms with E-state index in [0.717, 1.165) is 32.9 Å². The Bertz CT molecular complexity index is 915. The average molecular weight is 337 g/mol. The van der Waals surface area contributed by atoms with Crippen LogP contribution in [0.5, 0.6) is 0 Å². The Morgan fingerprint density at radius 3 is 2.46 bits per heavy atom. The van der Waals surface area contributed by atoms with Gasteiger partial charge in [0.05, 0.1) is 5.69 Å². The number of hydrogen-bond donors (Lipinski definition) is 2. The summed E-state index contributed by atoms with van der Waals surface area (Å²) < 4.78 is 0. The van der Waals surface area contributed by atoms with E-state index < -0.39 is 0 Å². The molecule has 0 saturated heterocycles. The van der Waals surface area contributed by atoms with Gasteiger partial charge in [-0.05, 0) is 50.1 Å². The smallest absolute Gasteiger partial charge is 0.255 e. The Kier molecular flexibility index (Phi) is 4.36. The molecule has 0 fully saturated rings. The van der Waals surface area contributed by atoms with Gasteiger partial charge in [-0.3, -0.25) is 4.79 Å². The molecule has 0 aliphatic rings. The van der Waals surface area contributed by atoms with Gasteiger partial charge < -0.3 is 11.1 Å². The molecule has 1 amide bonds. The third kappa shape index (κ3) is 3.16. The predicted molar refractivity (Wildman–Crippen MR) is 101 cm³/mol. The van der Waals surface area contributed by atoms with Gasteiger partial charge in [0.15, 0.2) is 5.13 Å². The normalized spacial score (nSPS) is 10.6. The number of thiazole rings is 1. The lowest BCUT2D eigenvalue weighted by Gasteiger charge is -2.11. The number of nitrogen functional groups attached to an aromatic ring is 1. The number of rotatable bonds is 3. The summed E-state index contributed by atoms with van der Waals surface area (Å²) in [5.41, 5.74) is 11.1. The fraction of sp³-hybridized carbons (Fsp3) is 0.158. The number of anilines is 2. The summed E-state index contributed by atoms with van der Waals surface area (Å²) in [6.07, 6.45) is 0. The number of nitrogens with zero attached hydrogens (tertiary/aromatic N) is 1. The molecule has 0 aliphatic carbocycles. The molecule has 4 nitrogen and oxygen atoms in total. The second kappa shape index (κ2) is 6.45. The van der Waals surface area contributed by atoms with Crippen LogP contribution in [0.4, 0.5) is 10.8 Å². The predicted octanol–water partition coefficient (Wildman–Crippen LogP) is 4.57. The fourth-order valence-corrected chi connectivity index (χ4v) is 3.36. The van der Waals surface area contributed by atoms with E-state index >= 15 is 0 Å². The first-order valence-electron chi connectivity index (χ1n) is 7.66. The van der Waals surface area contributed by atoms with E-state index in [1.54, 1.807) is 0 Å². The fourth-order valence-electron chi connectivity index (χ4n) is 2.65. The topological polar surface area (TPSA) is 68.0 Å². The first kappa shape index (κ1) is 16.2. The largest absolute Gasteiger partial charge is 0.375 e. The molecule has 3 N–H and O–H groups in total. The van der Waals surface area contributed by atoms with Crippen molar-refractivity contribution in [3.8, 4) is 11.3 Å². The third-order valence-electron chi connectivity index (χ3n) is 3.95. The van der Waals surface area contributed by atoms with Gasteiger partial charge in [0.2, 0.25) is 0 Å². The molecular weight excluding hydrogens is 318 g/mol. The van der Waals surface area contributed by atoms with Crippen LogP contribution in [0.25, 0.3) is 11.3 Å². The summed E-state index contributed by atoms with van der Waals surface area (Å²) in [4.78, 5) is 17.9. The number of nitrogens with one attached hydrogen (secondary N) is 1. The van der Waals surface area contributed by atoms with Crippen LogP contribution in [0.15, 0.2) is 42.5 Å². The van der Waals surface area contributed by atoms with Gasteiger partial charge in [-0.1, -0.05) is 24.3 Å². The first-order chi connectivity index (χ1) is 11.5. The summed E-state index contributed by atoms with van der Waals surface area (Å²) in [6, 6.07) is 13.4. The molecule has 1 aromatic heterocycles. The summed E-state index contributed by atoms with van der Waals surface area (Å²) >= 11 is 1.48. The molecule has 5 heteroatoms. The molecule has 0 aliphatic heterocycles. The summed E-state index contributed by atoms with van der Waals surface area (Å²) in [7, 11) is 0. The molecule has 3 aromatic rings. The molecule has 2 aromatic carbocycles. The van der Waals surface area contributed by atoms with Gasteiger partial charge in [-0.2, -0.15) is 0 Å². The number of carbonyl (C=O) groups excluding carboxylic acids is 1. The number of carbonyl (C=O) groups is 1. The molecule has 0 unspecified atom stereocenters. The Morgan fingerprint density at radius 1 is 1.08 bits per heavy atom. The van der Waals surface area contributed by atoms with Crippen LogP contribution < -0.4 is 11.1 Å². The molecule has 122 valence electrons.